The highest BCUT2D eigenvalue weighted by molar-refractivity contribution is 7.13. The van der Waals surface area contributed by atoms with E-state index in [1.165, 1.54) is 151 Å². The van der Waals surface area contributed by atoms with Crippen molar-refractivity contribution in [2.45, 2.75) is 203 Å². The first kappa shape index (κ1) is 44.1. The average molecular weight is 745 g/mol. The quantitative estimate of drug-likeness (QED) is 0.0487. The van der Waals surface area contributed by atoms with Gasteiger partial charge in [0.15, 0.2) is 8.07 Å². The molecule has 0 saturated carbocycles. The molecule has 0 aliphatic heterocycles. The van der Waals surface area contributed by atoms with Crippen molar-refractivity contribution < 1.29 is 0 Å². The maximum absolute atomic E-state index is 2.75. The van der Waals surface area contributed by atoms with Crippen molar-refractivity contribution in [3.05, 3.63) is 110 Å². The van der Waals surface area contributed by atoms with Crippen molar-refractivity contribution in [1.29, 1.82) is 0 Å². The fourth-order valence-corrected chi connectivity index (χ4v) is 16.1. The van der Waals surface area contributed by atoms with E-state index in [0.717, 1.165) is 0 Å². The van der Waals surface area contributed by atoms with E-state index in [-0.39, 0.29) is 0 Å². The van der Waals surface area contributed by atoms with Crippen molar-refractivity contribution in [3.63, 3.8) is 0 Å². The van der Waals surface area contributed by atoms with Gasteiger partial charge >= 0.3 is 0 Å². The Balaban J connectivity index is 2.11. The molecule has 0 unspecified atom stereocenters. The Labute approximate surface area is 335 Å². The number of rotatable bonds is 24. The molecular weight excluding hydrogens is 665 g/mol. The lowest BCUT2D eigenvalue weighted by atomic mass is 10.0. The number of allylic oxidation sites excluding steroid dienone is 4. The summed E-state index contributed by atoms with van der Waals surface area (Å²) >= 11 is 0. The molecule has 0 atom stereocenters. The van der Waals surface area contributed by atoms with Gasteiger partial charge in [0.2, 0.25) is 0 Å². The van der Waals surface area contributed by atoms with Crippen molar-refractivity contribution in [3.8, 4) is 0 Å². The number of hydrogen-bond donors (Lipinski definition) is 0. The molecule has 0 bridgehead atoms. The summed E-state index contributed by atoms with van der Waals surface area (Å²) in [6.45, 7) is 23.9. The zero-order valence-corrected chi connectivity index (χ0v) is 37.9. The van der Waals surface area contributed by atoms with Crippen LogP contribution in [-0.4, -0.2) is 8.07 Å². The molecule has 0 spiro atoms. The summed E-state index contributed by atoms with van der Waals surface area (Å²) < 4.78 is 0. The van der Waals surface area contributed by atoms with Crippen LogP contribution in [0.25, 0.3) is 0 Å². The largest absolute Gasteiger partial charge is 0.159 e. The van der Waals surface area contributed by atoms with E-state index in [4.69, 9.17) is 0 Å². The third-order valence-electron chi connectivity index (χ3n) is 13.0. The number of benzene rings is 3. The van der Waals surface area contributed by atoms with Crippen molar-refractivity contribution in [2.24, 2.45) is 0 Å². The van der Waals surface area contributed by atoms with Crippen LogP contribution >= 0.6 is 0 Å². The van der Waals surface area contributed by atoms with Gasteiger partial charge in [-0.3, -0.25) is 0 Å². The second kappa shape index (κ2) is 22.2. The first-order chi connectivity index (χ1) is 26.1. The maximum atomic E-state index is 2.75. The summed E-state index contributed by atoms with van der Waals surface area (Å²) in [5, 5.41) is 4.95. The van der Waals surface area contributed by atoms with Gasteiger partial charge in [0.25, 0.3) is 0 Å². The lowest BCUT2D eigenvalue weighted by Crippen LogP contribution is -2.70. The van der Waals surface area contributed by atoms with Gasteiger partial charge < -0.3 is 0 Å². The average Bonchev–Trinajstić information content (AvgIpc) is 3.34. The minimum absolute atomic E-state index is 0.408. The van der Waals surface area contributed by atoms with Gasteiger partial charge in [-0.2, -0.15) is 0 Å². The summed E-state index contributed by atoms with van der Waals surface area (Å²) in [7, 11) is -2.72. The van der Waals surface area contributed by atoms with Crippen LogP contribution in [0, 0.1) is 13.8 Å². The summed E-state index contributed by atoms with van der Waals surface area (Å²) in [4.78, 5) is 0. The van der Waals surface area contributed by atoms with Crippen LogP contribution in [0.15, 0.2) is 76.9 Å². The molecular formula is C53H80Si. The van der Waals surface area contributed by atoms with Crippen molar-refractivity contribution in [1.82, 2.24) is 0 Å². The summed E-state index contributed by atoms with van der Waals surface area (Å²) in [5.74, 6) is 0. The van der Waals surface area contributed by atoms with Crippen molar-refractivity contribution >= 4 is 23.6 Å². The van der Waals surface area contributed by atoms with Crippen LogP contribution < -0.4 is 15.6 Å². The minimum Gasteiger partial charge on any atom is -0.0654 e. The van der Waals surface area contributed by atoms with Crippen LogP contribution in [0.3, 0.4) is 0 Å². The minimum atomic E-state index is -2.72. The third-order valence-corrected chi connectivity index (χ3v) is 18.3. The Morgan fingerprint density at radius 2 is 0.648 bits per heavy atom. The highest BCUT2D eigenvalue weighted by Gasteiger charge is 2.51. The molecule has 0 N–H and O–H groups in total. The van der Waals surface area contributed by atoms with E-state index in [9.17, 15) is 0 Å². The number of unbranched alkanes of at least 4 members (excludes halogenated alkanes) is 12. The van der Waals surface area contributed by atoms with Gasteiger partial charge in [0.1, 0.15) is 0 Å². The molecule has 296 valence electrons. The standard InChI is InChI=1S/C53H80Si/c1-11-15-19-23-27-46-34-47(28-24-20-16-12-2)37-51(36-46)54(50-32-40(5)31-41(6)33-50,53-44(9)42(7)43(8)45(53)10)52-38-48(29-25-21-17-13-3)35-49(39-52)30-26-22-18-14-4/h31-39,53H,11-30H2,1-10H3. The molecule has 1 aliphatic carbocycles. The summed E-state index contributed by atoms with van der Waals surface area (Å²) in [6, 6.07) is 23.9. The van der Waals surface area contributed by atoms with Gasteiger partial charge in [-0.15, -0.1) is 0 Å². The maximum Gasteiger partial charge on any atom is 0.159 e. The summed E-state index contributed by atoms with van der Waals surface area (Å²) in [6.07, 6.45) is 25.8. The van der Waals surface area contributed by atoms with Crippen LogP contribution in [0.5, 0.6) is 0 Å². The normalized spacial score (nSPS) is 13.9. The zero-order chi connectivity index (χ0) is 39.1. The molecule has 1 heteroatoms. The van der Waals surface area contributed by atoms with E-state index < -0.39 is 8.07 Å². The fourth-order valence-electron chi connectivity index (χ4n) is 9.78. The Bertz CT molecular complexity index is 1500. The molecule has 54 heavy (non-hydrogen) atoms. The first-order valence-electron chi connectivity index (χ1n) is 22.8. The second-order valence-corrected chi connectivity index (χ2v) is 21.5. The number of aryl methyl sites for hydroxylation is 6. The Hall–Kier alpha value is -2.64. The first-order valence-corrected chi connectivity index (χ1v) is 24.9. The Kier molecular flexibility index (Phi) is 18.1. The van der Waals surface area contributed by atoms with Gasteiger partial charge in [0.05, 0.1) is 0 Å². The fraction of sp³-hybridized carbons (Fsp3) is 0.585. The highest BCUT2D eigenvalue weighted by atomic mass is 28.3. The van der Waals surface area contributed by atoms with Crippen molar-refractivity contribution in [2.75, 3.05) is 0 Å². The summed E-state index contributed by atoms with van der Waals surface area (Å²) in [5.41, 5.74) is 15.9. The zero-order valence-electron chi connectivity index (χ0n) is 36.9. The highest BCUT2D eigenvalue weighted by Crippen LogP contribution is 2.47. The number of hydrogen-bond acceptors (Lipinski definition) is 0. The Morgan fingerprint density at radius 3 is 0.944 bits per heavy atom. The lowest BCUT2D eigenvalue weighted by Gasteiger charge is -2.42. The molecule has 0 aromatic heterocycles. The van der Waals surface area contributed by atoms with Crippen LogP contribution in [0.4, 0.5) is 0 Å². The molecule has 0 radical (unpaired) electrons. The molecule has 0 saturated heterocycles. The van der Waals surface area contributed by atoms with Gasteiger partial charge in [0, 0.05) is 5.54 Å². The second-order valence-electron chi connectivity index (χ2n) is 17.6. The molecule has 3 aromatic carbocycles. The van der Waals surface area contributed by atoms with Gasteiger partial charge in [-0.25, -0.2) is 0 Å². The van der Waals surface area contributed by atoms with E-state index >= 15 is 0 Å². The smallest absolute Gasteiger partial charge is 0.0654 e. The molecule has 0 heterocycles. The molecule has 0 fully saturated rings. The van der Waals surface area contributed by atoms with E-state index in [1.54, 1.807) is 49.0 Å². The SMILES string of the molecule is CCCCCCc1cc(CCCCCC)cc([Si](c2cc(C)cc(C)c2)(c2cc(CCCCCC)cc(CCCCCC)c2)C2C(C)=C(C)C(C)=C2C)c1. The molecule has 0 amide bonds. The van der Waals surface area contributed by atoms with Crippen LogP contribution in [0.2, 0.25) is 5.54 Å². The van der Waals surface area contributed by atoms with Crippen LogP contribution in [-0.2, 0) is 25.7 Å². The molecule has 4 rings (SSSR count). The predicted octanol–water partition coefficient (Wildman–Crippen LogP) is 14.3. The van der Waals surface area contributed by atoms with Gasteiger partial charge in [-0.05, 0) is 142 Å². The van der Waals surface area contributed by atoms with Gasteiger partial charge in [-0.1, -0.05) is 182 Å². The Morgan fingerprint density at radius 1 is 0.352 bits per heavy atom. The predicted molar refractivity (Wildman–Crippen MR) is 245 cm³/mol. The van der Waals surface area contributed by atoms with E-state index in [2.05, 4.69) is 124 Å². The molecule has 1 aliphatic rings. The third kappa shape index (κ3) is 11.2. The van der Waals surface area contributed by atoms with E-state index in [0.29, 0.717) is 5.54 Å². The van der Waals surface area contributed by atoms with Crippen LogP contribution in [0.1, 0.15) is 192 Å². The lowest BCUT2D eigenvalue weighted by molar-refractivity contribution is 0.661. The monoisotopic (exact) mass is 745 g/mol. The molecule has 0 nitrogen and oxygen atoms in total. The molecule has 3 aromatic rings. The van der Waals surface area contributed by atoms with E-state index in [1.807, 2.05) is 0 Å². The topological polar surface area (TPSA) is 0 Å².